The van der Waals surface area contributed by atoms with Gasteiger partial charge in [-0.15, -0.1) is 0 Å². The molecule has 0 spiro atoms. The Bertz CT molecular complexity index is 1950. The van der Waals surface area contributed by atoms with Crippen LogP contribution in [-0.4, -0.2) is 38.3 Å². The van der Waals surface area contributed by atoms with Crippen molar-refractivity contribution < 1.29 is 18.0 Å². The number of nitrogens with two attached hydrogens (primary N) is 2. The van der Waals surface area contributed by atoms with Gasteiger partial charge in [0.25, 0.3) is 15.9 Å². The molecule has 6 rings (SSSR count). The molecule has 47 heavy (non-hydrogen) atoms. The molecule has 242 valence electrons. The molecule has 0 aliphatic carbocycles. The van der Waals surface area contributed by atoms with Crippen LogP contribution in [0.25, 0.3) is 17.2 Å². The number of amides is 1. The van der Waals surface area contributed by atoms with Crippen LogP contribution in [-0.2, 0) is 39.2 Å². The first-order valence-electron chi connectivity index (χ1n) is 15.6. The summed E-state index contributed by atoms with van der Waals surface area (Å²) in [4.78, 5) is 24.3. The number of hydroxylamine groups is 2. The molecule has 0 saturated carbocycles. The standard InChI is InChI=1S/C36H38N6O4S/c1-2-18-42(46-23-24-6-12-30(37)13-7-24)36(43)29-19-27-9-8-26(20-34(27)40-35(38)21-29)25-10-14-31(15-11-25)47(44,45)41-33-5-3-4-28-22-39-17-16-32(28)33/h3-15,19-20,39,41H,2,16-18,21-23,37H2,1H3,(H2,38,40). The lowest BCUT2D eigenvalue weighted by Crippen LogP contribution is -2.34. The summed E-state index contributed by atoms with van der Waals surface area (Å²) < 4.78 is 29.4. The number of sulfonamides is 1. The number of benzene rings is 4. The van der Waals surface area contributed by atoms with E-state index in [-0.39, 0.29) is 23.8 Å². The first-order chi connectivity index (χ1) is 22.7. The summed E-state index contributed by atoms with van der Waals surface area (Å²) in [6.07, 6.45) is 3.46. The Hall–Kier alpha value is -4.97. The highest BCUT2D eigenvalue weighted by Crippen LogP contribution is 2.33. The molecular formula is C36H38N6O4S. The van der Waals surface area contributed by atoms with Crippen LogP contribution < -0.4 is 21.5 Å². The predicted octanol–water partition coefficient (Wildman–Crippen LogP) is 5.53. The smallest absolute Gasteiger partial charge is 0.273 e. The second kappa shape index (κ2) is 13.8. The molecule has 0 unspecified atom stereocenters. The normalized spacial score (nSPS) is 14.2. The predicted molar refractivity (Wildman–Crippen MR) is 186 cm³/mol. The van der Waals surface area contributed by atoms with Gasteiger partial charge in [-0.05, 0) is 89.7 Å². The summed E-state index contributed by atoms with van der Waals surface area (Å²) in [5, 5.41) is 4.69. The van der Waals surface area contributed by atoms with Crippen LogP contribution in [0.5, 0.6) is 0 Å². The molecule has 0 aromatic heterocycles. The van der Waals surface area contributed by atoms with Gasteiger partial charge in [-0.2, -0.15) is 0 Å². The van der Waals surface area contributed by atoms with E-state index in [1.54, 1.807) is 48.5 Å². The molecule has 6 N–H and O–H groups in total. The fourth-order valence-corrected chi connectivity index (χ4v) is 6.81. The maximum Gasteiger partial charge on any atom is 0.273 e. The Kier molecular flexibility index (Phi) is 9.39. The van der Waals surface area contributed by atoms with Gasteiger partial charge in [0.15, 0.2) is 0 Å². The molecule has 4 aromatic rings. The highest BCUT2D eigenvalue weighted by atomic mass is 32.2. The minimum Gasteiger partial charge on any atom is -0.399 e. The largest absolute Gasteiger partial charge is 0.399 e. The van der Waals surface area contributed by atoms with E-state index in [0.717, 1.165) is 52.9 Å². The van der Waals surface area contributed by atoms with Gasteiger partial charge in [-0.1, -0.05) is 55.5 Å². The van der Waals surface area contributed by atoms with Crippen molar-refractivity contribution in [3.63, 3.8) is 0 Å². The van der Waals surface area contributed by atoms with E-state index in [0.29, 0.717) is 41.4 Å². The first kappa shape index (κ1) is 32.0. The SMILES string of the molecule is CCCN(OCc1ccc(N)cc1)C(=O)C1=Cc2ccc(-c3ccc(S(=O)(=O)Nc4cccc5c4CCNC5)cc3)cc2N=C(N)C1. The van der Waals surface area contributed by atoms with Gasteiger partial charge >= 0.3 is 0 Å². The van der Waals surface area contributed by atoms with Crippen LogP contribution in [0.15, 0.2) is 100 Å². The summed E-state index contributed by atoms with van der Waals surface area (Å²) in [7, 11) is -3.79. The molecule has 10 nitrogen and oxygen atoms in total. The maximum absolute atomic E-state index is 13.6. The number of fused-ring (bicyclic) bond motifs is 2. The number of amidine groups is 1. The average molecular weight is 651 g/mol. The quantitative estimate of drug-likeness (QED) is 0.130. The van der Waals surface area contributed by atoms with E-state index in [2.05, 4.69) is 15.0 Å². The summed E-state index contributed by atoms with van der Waals surface area (Å²) in [6.45, 7) is 4.15. The van der Waals surface area contributed by atoms with Gasteiger partial charge in [-0.25, -0.2) is 18.5 Å². The molecular weight excluding hydrogens is 613 g/mol. The minimum atomic E-state index is -3.79. The molecule has 2 aliphatic heterocycles. The van der Waals surface area contributed by atoms with E-state index in [1.807, 2.05) is 49.4 Å². The molecule has 0 saturated heterocycles. The van der Waals surface area contributed by atoms with Crippen molar-refractivity contribution in [3.8, 4) is 11.1 Å². The monoisotopic (exact) mass is 650 g/mol. The third kappa shape index (κ3) is 7.38. The number of aliphatic imine (C=N–C) groups is 1. The van der Waals surface area contributed by atoms with Crippen molar-refractivity contribution in [1.29, 1.82) is 0 Å². The maximum atomic E-state index is 13.6. The molecule has 2 aliphatic rings. The lowest BCUT2D eigenvalue weighted by atomic mass is 9.99. The zero-order valence-corrected chi connectivity index (χ0v) is 27.0. The van der Waals surface area contributed by atoms with E-state index in [4.69, 9.17) is 16.3 Å². The van der Waals surface area contributed by atoms with Crippen LogP contribution in [0.4, 0.5) is 17.1 Å². The van der Waals surface area contributed by atoms with Crippen molar-refractivity contribution in [2.75, 3.05) is 23.5 Å². The van der Waals surface area contributed by atoms with E-state index in [9.17, 15) is 13.2 Å². The van der Waals surface area contributed by atoms with E-state index in [1.165, 1.54) is 5.06 Å². The molecule has 2 heterocycles. The highest BCUT2D eigenvalue weighted by molar-refractivity contribution is 7.92. The lowest BCUT2D eigenvalue weighted by Gasteiger charge is -2.22. The van der Waals surface area contributed by atoms with Gasteiger partial charge in [0, 0.05) is 36.3 Å². The Morgan fingerprint density at radius 2 is 1.77 bits per heavy atom. The summed E-state index contributed by atoms with van der Waals surface area (Å²) >= 11 is 0. The van der Waals surface area contributed by atoms with Crippen molar-refractivity contribution in [2.45, 2.75) is 44.2 Å². The first-order valence-corrected chi connectivity index (χ1v) is 17.1. The van der Waals surface area contributed by atoms with Crippen LogP contribution >= 0.6 is 0 Å². The number of hydrogen-bond donors (Lipinski definition) is 4. The van der Waals surface area contributed by atoms with Gasteiger partial charge in [0.05, 0.1) is 16.3 Å². The summed E-state index contributed by atoms with van der Waals surface area (Å²) in [6, 6.07) is 25.5. The molecule has 0 atom stereocenters. The molecule has 0 bridgehead atoms. The fourth-order valence-electron chi connectivity index (χ4n) is 5.72. The third-order valence-corrected chi connectivity index (χ3v) is 9.55. The van der Waals surface area contributed by atoms with Crippen LogP contribution in [0.2, 0.25) is 0 Å². The number of rotatable bonds is 10. The van der Waals surface area contributed by atoms with Gasteiger partial charge < -0.3 is 16.8 Å². The number of hydrogen-bond acceptors (Lipinski definition) is 8. The molecule has 0 fully saturated rings. The lowest BCUT2D eigenvalue weighted by molar-refractivity contribution is -0.187. The third-order valence-electron chi connectivity index (χ3n) is 8.17. The number of anilines is 2. The van der Waals surface area contributed by atoms with Gasteiger partial charge in [-0.3, -0.25) is 14.4 Å². The van der Waals surface area contributed by atoms with Crippen molar-refractivity contribution in [1.82, 2.24) is 10.4 Å². The molecule has 11 heteroatoms. The Morgan fingerprint density at radius 3 is 2.53 bits per heavy atom. The number of carbonyl (C=O) groups is 1. The molecule has 4 aromatic carbocycles. The van der Waals surface area contributed by atoms with Crippen LogP contribution in [0, 0.1) is 0 Å². The molecule has 1 amide bonds. The van der Waals surface area contributed by atoms with E-state index >= 15 is 0 Å². The second-order valence-electron chi connectivity index (χ2n) is 11.6. The fraction of sp³-hybridized carbons (Fsp3) is 0.222. The minimum absolute atomic E-state index is 0.172. The van der Waals surface area contributed by atoms with Crippen LogP contribution in [0.1, 0.15) is 42.0 Å². The van der Waals surface area contributed by atoms with Crippen LogP contribution in [0.3, 0.4) is 0 Å². The Morgan fingerprint density at radius 1 is 1.00 bits per heavy atom. The van der Waals surface area contributed by atoms with Gasteiger partial charge in [0.1, 0.15) is 12.4 Å². The number of nitrogen functional groups attached to an aromatic ring is 1. The number of carbonyl (C=O) groups excluding carboxylic acids is 1. The van der Waals surface area contributed by atoms with Gasteiger partial charge in [0.2, 0.25) is 0 Å². The van der Waals surface area contributed by atoms with Crippen molar-refractivity contribution in [3.05, 3.63) is 113 Å². The highest BCUT2D eigenvalue weighted by Gasteiger charge is 2.23. The Labute approximate surface area is 275 Å². The topological polar surface area (TPSA) is 152 Å². The average Bonchev–Trinajstić information content (AvgIpc) is 3.24. The zero-order valence-electron chi connectivity index (χ0n) is 26.2. The number of nitrogens with zero attached hydrogens (tertiary/aromatic N) is 2. The van der Waals surface area contributed by atoms with Crippen molar-refractivity contribution in [2.24, 2.45) is 10.7 Å². The second-order valence-corrected chi connectivity index (χ2v) is 13.3. The van der Waals surface area contributed by atoms with Crippen molar-refractivity contribution >= 4 is 44.9 Å². The van der Waals surface area contributed by atoms with E-state index < -0.39 is 10.0 Å². The molecule has 0 radical (unpaired) electrons. The Balaban J connectivity index is 1.19. The number of nitrogens with one attached hydrogen (secondary N) is 2. The zero-order chi connectivity index (χ0) is 33.0. The summed E-state index contributed by atoms with van der Waals surface area (Å²) in [5.74, 6) is 0.0392. The summed E-state index contributed by atoms with van der Waals surface area (Å²) in [5.41, 5.74) is 19.9.